The number of thiocarbonyl (C=S) groups is 1. The van der Waals surface area contributed by atoms with Crippen LogP contribution < -0.4 is 15.6 Å². The van der Waals surface area contributed by atoms with Crippen LogP contribution in [0.5, 0.6) is 0 Å². The topological polar surface area (TPSA) is 103 Å². The number of nitrogens with one attached hydrogen (secondary N) is 2. The van der Waals surface area contributed by atoms with Crippen molar-refractivity contribution in [3.05, 3.63) is 45.4 Å². The van der Waals surface area contributed by atoms with E-state index in [1.54, 1.807) is 43.1 Å². The Balaban J connectivity index is 1.80. The smallest absolute Gasteiger partial charge is 0.326 e. The van der Waals surface area contributed by atoms with Crippen LogP contribution in [0.2, 0.25) is 5.02 Å². The molecule has 0 saturated carbocycles. The molecule has 148 valence electrons. The minimum Gasteiger partial charge on any atom is -0.326 e. The zero-order valence-electron chi connectivity index (χ0n) is 15.3. The van der Waals surface area contributed by atoms with Gasteiger partial charge >= 0.3 is 11.3 Å². The predicted octanol–water partition coefficient (Wildman–Crippen LogP) is 0.792. The average Bonchev–Trinajstić information content (AvgIpc) is 3.08. The van der Waals surface area contributed by atoms with Crippen molar-refractivity contribution in [3.8, 4) is 0 Å². The molecule has 2 amide bonds. The van der Waals surface area contributed by atoms with Crippen molar-refractivity contribution in [3.63, 3.8) is 0 Å². The van der Waals surface area contributed by atoms with E-state index in [0.29, 0.717) is 17.3 Å². The van der Waals surface area contributed by atoms with Crippen molar-refractivity contribution in [2.24, 2.45) is 7.05 Å². The van der Waals surface area contributed by atoms with Crippen LogP contribution in [0, 0.1) is 0 Å². The molecule has 2 N–H and O–H groups in total. The van der Waals surface area contributed by atoms with E-state index in [1.165, 1.54) is 9.58 Å². The zero-order chi connectivity index (χ0) is 20.4. The van der Waals surface area contributed by atoms with Gasteiger partial charge in [-0.3, -0.25) is 19.0 Å². The molecule has 1 aliphatic rings. The molecule has 1 unspecified atom stereocenters. The second-order valence-corrected chi connectivity index (χ2v) is 7.06. The van der Waals surface area contributed by atoms with E-state index in [4.69, 9.17) is 28.3 Å². The third-order valence-electron chi connectivity index (χ3n) is 4.46. The van der Waals surface area contributed by atoms with E-state index in [0.717, 1.165) is 0 Å². The van der Waals surface area contributed by atoms with Crippen molar-refractivity contribution in [1.29, 1.82) is 0 Å². The van der Waals surface area contributed by atoms with Crippen LogP contribution in [-0.4, -0.2) is 44.6 Å². The lowest BCUT2D eigenvalue weighted by molar-refractivity contribution is -0.746. The molecular formula is C17H19ClN5O4S+. The second-order valence-electron chi connectivity index (χ2n) is 6.25. The number of anilines is 1. The van der Waals surface area contributed by atoms with Crippen LogP contribution in [-0.2, 0) is 23.2 Å². The van der Waals surface area contributed by atoms with Crippen LogP contribution >= 0.6 is 23.8 Å². The number of hydrogen-bond acceptors (Lipinski definition) is 5. The number of aromatic amines is 1. The first-order valence-corrected chi connectivity index (χ1v) is 9.34. The minimum absolute atomic E-state index is 0.0439. The molecule has 1 atom stereocenters. The van der Waals surface area contributed by atoms with Gasteiger partial charge in [0.25, 0.3) is 5.91 Å². The first-order valence-electron chi connectivity index (χ1n) is 8.55. The Morgan fingerprint density at radius 3 is 2.61 bits per heavy atom. The number of halogens is 1. The van der Waals surface area contributed by atoms with Gasteiger partial charge in [-0.15, -0.1) is 0 Å². The lowest BCUT2D eigenvalue weighted by atomic mass is 10.1. The van der Waals surface area contributed by atoms with Gasteiger partial charge < -0.3 is 10.2 Å². The number of aromatic nitrogens is 2. The number of carbonyl (C=O) groups is 2. The molecule has 1 aromatic carbocycles. The summed E-state index contributed by atoms with van der Waals surface area (Å²) >= 11 is 11.2. The molecular weight excluding hydrogens is 406 g/mol. The lowest BCUT2D eigenvalue weighted by Gasteiger charge is -2.21. The highest BCUT2D eigenvalue weighted by Crippen LogP contribution is 2.23. The third-order valence-corrected chi connectivity index (χ3v) is 5.17. The Labute approximate surface area is 170 Å². The molecule has 1 saturated heterocycles. The van der Waals surface area contributed by atoms with E-state index in [1.807, 2.05) is 0 Å². The van der Waals surface area contributed by atoms with Crippen molar-refractivity contribution >= 4 is 46.4 Å². The Morgan fingerprint density at radius 1 is 1.36 bits per heavy atom. The number of rotatable bonds is 6. The first kappa shape index (κ1) is 20.0. The Bertz CT molecular complexity index is 971. The maximum absolute atomic E-state index is 12.8. The monoisotopic (exact) mass is 424 g/mol. The average molecular weight is 425 g/mol. The fourth-order valence-corrected chi connectivity index (χ4v) is 3.51. The molecule has 0 spiro atoms. The molecule has 0 aliphatic carbocycles. The van der Waals surface area contributed by atoms with Gasteiger partial charge in [0.05, 0.1) is 6.42 Å². The number of aryl methyl sites for hydroxylation is 1. The number of amides is 2. The molecule has 0 radical (unpaired) electrons. The first-order chi connectivity index (χ1) is 13.3. The van der Waals surface area contributed by atoms with Gasteiger partial charge in [-0.05, 0) is 48.7 Å². The van der Waals surface area contributed by atoms with Gasteiger partial charge in [-0.25, -0.2) is 4.79 Å². The van der Waals surface area contributed by atoms with E-state index in [-0.39, 0.29) is 35.6 Å². The summed E-state index contributed by atoms with van der Waals surface area (Å²) in [5.74, 6) is -0.627. The van der Waals surface area contributed by atoms with Crippen LogP contribution in [0.3, 0.4) is 0 Å². The van der Waals surface area contributed by atoms with Crippen LogP contribution in [0.15, 0.2) is 33.6 Å². The van der Waals surface area contributed by atoms with Crippen LogP contribution in [0.4, 0.5) is 5.69 Å². The zero-order valence-corrected chi connectivity index (χ0v) is 16.8. The summed E-state index contributed by atoms with van der Waals surface area (Å²) in [5.41, 5.74) is 0.298. The molecule has 2 aromatic rings. The normalized spacial score (nSPS) is 16.8. The van der Waals surface area contributed by atoms with Crippen molar-refractivity contribution in [1.82, 2.24) is 15.1 Å². The van der Waals surface area contributed by atoms with Gasteiger partial charge in [0.1, 0.15) is 12.6 Å². The Hall–Kier alpha value is -2.72. The van der Waals surface area contributed by atoms with Crippen LogP contribution in [0.1, 0.15) is 19.0 Å². The molecule has 0 bridgehead atoms. The lowest BCUT2D eigenvalue weighted by Crippen LogP contribution is -2.44. The Morgan fingerprint density at radius 2 is 2.04 bits per heavy atom. The maximum Gasteiger partial charge on any atom is 0.431 e. The standard InChI is InChI=1S/C17H18ClN5O4S/c1-3-22-15(25)12(8-14(24)19-11-6-4-10(18)5-7-11)23(17(22)28)9-13-16(26)27-20-21(13)2/h4-7,12H,3,8-9H2,1-2H3,(H-,19,20,24,26)/p+1. The van der Waals surface area contributed by atoms with Crippen LogP contribution in [0.25, 0.3) is 0 Å². The van der Waals surface area contributed by atoms with Gasteiger partial charge in [-0.2, -0.15) is 0 Å². The van der Waals surface area contributed by atoms with E-state index >= 15 is 0 Å². The number of nitrogens with zero attached hydrogens (tertiary/aromatic N) is 3. The van der Waals surface area contributed by atoms with Crippen molar-refractivity contribution in [2.45, 2.75) is 25.9 Å². The molecule has 1 fully saturated rings. The highest BCUT2D eigenvalue weighted by atomic mass is 35.5. The summed E-state index contributed by atoms with van der Waals surface area (Å²) < 4.78 is 6.16. The molecule has 1 aliphatic heterocycles. The van der Waals surface area contributed by atoms with E-state index in [2.05, 4.69) is 10.6 Å². The van der Waals surface area contributed by atoms with E-state index < -0.39 is 11.7 Å². The minimum atomic E-state index is -0.811. The van der Waals surface area contributed by atoms with Crippen molar-refractivity contribution < 1.29 is 18.8 Å². The second kappa shape index (κ2) is 8.11. The fourth-order valence-electron chi connectivity index (χ4n) is 2.98. The third kappa shape index (κ3) is 3.92. The maximum atomic E-state index is 12.8. The number of hydrogen-bond donors (Lipinski definition) is 2. The number of carbonyl (C=O) groups excluding carboxylic acids is 2. The molecule has 11 heteroatoms. The summed E-state index contributed by atoms with van der Waals surface area (Å²) in [6.07, 6.45) is -0.114. The predicted molar refractivity (Wildman–Crippen MR) is 105 cm³/mol. The summed E-state index contributed by atoms with van der Waals surface area (Å²) in [7, 11) is 1.61. The molecule has 2 heterocycles. The van der Waals surface area contributed by atoms with Gasteiger partial charge in [0.2, 0.25) is 5.91 Å². The van der Waals surface area contributed by atoms with Crippen molar-refractivity contribution in [2.75, 3.05) is 11.9 Å². The van der Waals surface area contributed by atoms with E-state index in [9.17, 15) is 14.4 Å². The van der Waals surface area contributed by atoms with Gasteiger partial charge in [0, 0.05) is 17.3 Å². The Kier molecular flexibility index (Phi) is 5.80. The molecule has 9 nitrogen and oxygen atoms in total. The number of H-pyrrole nitrogens is 1. The highest BCUT2D eigenvalue weighted by Gasteiger charge is 2.44. The summed E-state index contributed by atoms with van der Waals surface area (Å²) in [5, 5.41) is 5.99. The SMILES string of the molecule is CCN1C(=O)C(CC(=O)Nc2ccc(Cl)cc2)N(Cc2c(=O)o[nH][n+]2C)C1=S. The summed E-state index contributed by atoms with van der Waals surface area (Å²) in [6, 6.07) is 5.84. The summed E-state index contributed by atoms with van der Waals surface area (Å²) in [6.45, 7) is 2.21. The molecule has 28 heavy (non-hydrogen) atoms. The molecule has 1 aromatic heterocycles. The molecule has 3 rings (SSSR count). The largest absolute Gasteiger partial charge is 0.431 e. The van der Waals surface area contributed by atoms with Gasteiger partial charge in [0.15, 0.2) is 12.2 Å². The highest BCUT2D eigenvalue weighted by molar-refractivity contribution is 7.80. The number of benzene rings is 1. The van der Waals surface area contributed by atoms with Gasteiger partial charge in [-0.1, -0.05) is 16.3 Å². The fraction of sp³-hybridized carbons (Fsp3) is 0.353. The number of likely N-dealkylation sites (N-methyl/N-ethyl adjacent to an activating group) is 1. The summed E-state index contributed by atoms with van der Waals surface area (Å²) in [4.78, 5) is 40.2. The quantitative estimate of drug-likeness (QED) is 0.525.